The van der Waals surface area contributed by atoms with Gasteiger partial charge in [-0.25, -0.2) is 4.52 Å². The number of ether oxygens (including phenoxy) is 2. The first-order valence-electron chi connectivity index (χ1n) is 11.4. The van der Waals surface area contributed by atoms with Gasteiger partial charge in [-0.15, -0.1) is 5.10 Å². The predicted octanol–water partition coefficient (Wildman–Crippen LogP) is 4.22. The summed E-state index contributed by atoms with van der Waals surface area (Å²) in [7, 11) is 0. The second-order valence-corrected chi connectivity index (χ2v) is 9.96. The van der Waals surface area contributed by atoms with Crippen molar-refractivity contribution in [2.75, 3.05) is 30.1 Å². The molecule has 1 aromatic carbocycles. The first-order chi connectivity index (χ1) is 16.2. The maximum Gasteiger partial charge on any atom is 0.243 e. The Morgan fingerprint density at radius 2 is 1.91 bits per heavy atom. The summed E-state index contributed by atoms with van der Waals surface area (Å²) in [5.41, 5.74) is 4.00. The highest BCUT2D eigenvalue weighted by molar-refractivity contribution is 7.10. The summed E-state index contributed by atoms with van der Waals surface area (Å²) in [5, 5.41) is 9.76. The third kappa shape index (κ3) is 3.21. The smallest absolute Gasteiger partial charge is 0.243 e. The molecule has 33 heavy (non-hydrogen) atoms. The molecule has 8 nitrogen and oxygen atoms in total. The molecule has 1 aliphatic carbocycles. The fourth-order valence-corrected chi connectivity index (χ4v) is 6.32. The van der Waals surface area contributed by atoms with E-state index in [9.17, 15) is 0 Å². The lowest BCUT2D eigenvalue weighted by Gasteiger charge is -2.38. The van der Waals surface area contributed by atoms with Gasteiger partial charge in [0.15, 0.2) is 17.1 Å². The molecule has 4 aromatic rings. The molecule has 2 bridgehead atoms. The number of aryl methyl sites for hydroxylation is 1. The molecular weight excluding hydrogens is 436 g/mol. The molecule has 1 saturated heterocycles. The lowest BCUT2D eigenvalue weighted by molar-refractivity contribution is 0.174. The van der Waals surface area contributed by atoms with Crippen molar-refractivity contribution in [1.29, 1.82) is 0 Å². The van der Waals surface area contributed by atoms with Crippen LogP contribution in [0.1, 0.15) is 18.5 Å². The van der Waals surface area contributed by atoms with Crippen molar-refractivity contribution < 1.29 is 9.47 Å². The second-order valence-electron chi connectivity index (χ2n) is 9.17. The normalized spacial score (nSPS) is 23.4. The minimum Gasteiger partial charge on any atom is -0.454 e. The van der Waals surface area contributed by atoms with Gasteiger partial charge in [0, 0.05) is 30.9 Å². The minimum absolute atomic E-state index is 0.270. The number of hydrogen-bond donors (Lipinski definition) is 1. The number of aromatic nitrogens is 4. The second kappa shape index (κ2) is 7.34. The van der Waals surface area contributed by atoms with E-state index in [4.69, 9.17) is 19.6 Å². The fourth-order valence-electron chi connectivity index (χ4n) is 5.54. The number of piperidine rings is 1. The van der Waals surface area contributed by atoms with E-state index >= 15 is 0 Å². The average molecular weight is 461 g/mol. The van der Waals surface area contributed by atoms with Gasteiger partial charge in [-0.3, -0.25) is 0 Å². The maximum absolute atomic E-state index is 5.57. The molecule has 7 rings (SSSR count). The van der Waals surface area contributed by atoms with Crippen LogP contribution in [-0.2, 0) is 0 Å². The zero-order chi connectivity index (χ0) is 21.9. The quantitative estimate of drug-likeness (QED) is 0.489. The largest absolute Gasteiger partial charge is 0.454 e. The van der Waals surface area contributed by atoms with Crippen LogP contribution >= 0.6 is 11.5 Å². The van der Waals surface area contributed by atoms with Crippen LogP contribution in [0.25, 0.3) is 16.8 Å². The molecule has 3 aromatic heterocycles. The van der Waals surface area contributed by atoms with Gasteiger partial charge in [-0.2, -0.15) is 9.36 Å². The van der Waals surface area contributed by atoms with Crippen molar-refractivity contribution in [1.82, 2.24) is 19.0 Å². The van der Waals surface area contributed by atoms with Gasteiger partial charge in [-0.05, 0) is 79.0 Å². The summed E-state index contributed by atoms with van der Waals surface area (Å²) in [5.74, 6) is 3.43. The third-order valence-corrected chi connectivity index (χ3v) is 8.05. The lowest BCUT2D eigenvalue weighted by Crippen LogP contribution is -2.48. The number of anilines is 2. The summed E-state index contributed by atoms with van der Waals surface area (Å²) in [6.07, 6.45) is 4.44. The Morgan fingerprint density at radius 3 is 2.73 bits per heavy atom. The monoisotopic (exact) mass is 460 g/mol. The van der Waals surface area contributed by atoms with Gasteiger partial charge < -0.3 is 19.7 Å². The standard InChI is InChI=1S/C24H24N6O2S/c1-14-9-21(33-28-14)29-11-16-4-5-17(12-29)22(16)25-24-26-23-18(3-2-8-30(23)27-24)15-6-7-19-20(10-15)32-13-31-19/h2-3,6-10,16-17,22H,4-5,11-13H2,1H3,(H,25,27)/t16-,17+,22-. The van der Waals surface area contributed by atoms with E-state index in [1.165, 1.54) is 17.8 Å². The van der Waals surface area contributed by atoms with Crippen molar-refractivity contribution in [3.05, 3.63) is 48.3 Å². The van der Waals surface area contributed by atoms with Crippen LogP contribution in [0.2, 0.25) is 0 Å². The molecule has 3 atom stereocenters. The number of fused-ring (bicyclic) bond motifs is 4. The topological polar surface area (TPSA) is 76.8 Å². The Hall–Kier alpha value is -3.33. The number of benzene rings is 1. The molecule has 3 aliphatic rings. The molecule has 9 heteroatoms. The van der Waals surface area contributed by atoms with Crippen LogP contribution in [0.5, 0.6) is 11.5 Å². The fraction of sp³-hybridized carbons (Fsp3) is 0.375. The SMILES string of the molecule is Cc1cc(N2C[C@H]3CC[C@@H](C2)[C@@H]3Nc2nc3c(-c4ccc5c(c4)OCO5)cccn3n2)sn1. The van der Waals surface area contributed by atoms with Gasteiger partial charge in [0.25, 0.3) is 0 Å². The average Bonchev–Trinajstić information content (AvgIpc) is 3.59. The van der Waals surface area contributed by atoms with Crippen molar-refractivity contribution >= 4 is 28.1 Å². The molecule has 0 amide bonds. The first-order valence-corrected chi connectivity index (χ1v) is 12.2. The molecule has 0 spiro atoms. The van der Waals surface area contributed by atoms with E-state index < -0.39 is 0 Å². The van der Waals surface area contributed by atoms with Crippen LogP contribution in [0.3, 0.4) is 0 Å². The van der Waals surface area contributed by atoms with Crippen LogP contribution < -0.4 is 19.7 Å². The van der Waals surface area contributed by atoms with Crippen molar-refractivity contribution in [2.45, 2.75) is 25.8 Å². The summed E-state index contributed by atoms with van der Waals surface area (Å²) < 4.78 is 17.4. The van der Waals surface area contributed by atoms with Gasteiger partial charge >= 0.3 is 0 Å². The van der Waals surface area contributed by atoms with Crippen molar-refractivity contribution in [2.24, 2.45) is 11.8 Å². The van der Waals surface area contributed by atoms with Crippen LogP contribution in [0.15, 0.2) is 42.6 Å². The molecule has 0 unspecified atom stereocenters. The van der Waals surface area contributed by atoms with Gasteiger partial charge in [-0.1, -0.05) is 6.07 Å². The third-order valence-electron chi connectivity index (χ3n) is 7.10. The predicted molar refractivity (Wildman–Crippen MR) is 127 cm³/mol. The Bertz CT molecular complexity index is 1340. The lowest BCUT2D eigenvalue weighted by atomic mass is 9.92. The molecule has 168 valence electrons. The highest BCUT2D eigenvalue weighted by Gasteiger charge is 2.43. The highest BCUT2D eigenvalue weighted by Crippen LogP contribution is 2.41. The molecule has 5 heterocycles. The molecular formula is C24H24N6O2S. The molecule has 0 radical (unpaired) electrons. The molecule has 2 aliphatic heterocycles. The zero-order valence-electron chi connectivity index (χ0n) is 18.3. The van der Waals surface area contributed by atoms with E-state index in [-0.39, 0.29) is 6.79 Å². The van der Waals surface area contributed by atoms with Gasteiger partial charge in [0.1, 0.15) is 5.00 Å². The first kappa shape index (κ1) is 19.2. The Labute approximate surface area is 195 Å². The summed E-state index contributed by atoms with van der Waals surface area (Å²) in [6.45, 7) is 4.46. The van der Waals surface area contributed by atoms with Gasteiger partial charge in [0.2, 0.25) is 12.7 Å². The highest BCUT2D eigenvalue weighted by atomic mass is 32.1. The van der Waals surface area contributed by atoms with Crippen LogP contribution in [0.4, 0.5) is 10.9 Å². The zero-order valence-corrected chi connectivity index (χ0v) is 19.1. The molecule has 1 N–H and O–H groups in total. The number of rotatable bonds is 4. The van der Waals surface area contributed by atoms with Crippen molar-refractivity contribution in [3.8, 4) is 22.6 Å². The Morgan fingerprint density at radius 1 is 1.06 bits per heavy atom. The van der Waals surface area contributed by atoms with E-state index in [0.717, 1.165) is 47.1 Å². The Balaban J connectivity index is 1.15. The molecule has 1 saturated carbocycles. The van der Waals surface area contributed by atoms with E-state index in [2.05, 4.69) is 33.6 Å². The number of hydrogen-bond acceptors (Lipinski definition) is 8. The molecule has 2 fully saturated rings. The summed E-state index contributed by atoms with van der Waals surface area (Å²) >= 11 is 1.61. The van der Waals surface area contributed by atoms with E-state index in [1.807, 2.05) is 35.0 Å². The number of nitrogens with zero attached hydrogens (tertiary/aromatic N) is 5. The maximum atomic E-state index is 5.57. The Kier molecular flexibility index (Phi) is 4.27. The van der Waals surface area contributed by atoms with Crippen LogP contribution in [0, 0.1) is 18.8 Å². The summed E-state index contributed by atoms with van der Waals surface area (Å²) in [4.78, 5) is 7.41. The van der Waals surface area contributed by atoms with E-state index in [0.29, 0.717) is 23.8 Å². The number of nitrogens with one attached hydrogen (secondary N) is 1. The van der Waals surface area contributed by atoms with Crippen molar-refractivity contribution in [3.63, 3.8) is 0 Å². The number of pyridine rings is 1. The summed E-state index contributed by atoms with van der Waals surface area (Å²) in [6, 6.07) is 12.7. The van der Waals surface area contributed by atoms with E-state index in [1.54, 1.807) is 11.5 Å². The van der Waals surface area contributed by atoms with Gasteiger partial charge in [0.05, 0.1) is 5.69 Å². The van der Waals surface area contributed by atoms with Crippen LogP contribution in [-0.4, -0.2) is 44.9 Å². The minimum atomic E-state index is 0.270.